The highest BCUT2D eigenvalue weighted by Crippen LogP contribution is 2.61. The normalized spacial score (nSPS) is 15.2. The predicted octanol–water partition coefficient (Wildman–Crippen LogP) is 14.0. The maximum absolute atomic E-state index is 5.39. The van der Waals surface area contributed by atoms with Crippen LogP contribution in [0.5, 0.6) is 0 Å². The van der Waals surface area contributed by atoms with E-state index in [4.69, 9.17) is 4.98 Å². The molecule has 0 fully saturated rings. The Balaban J connectivity index is 1.14. The number of pyridine rings is 1. The van der Waals surface area contributed by atoms with Crippen LogP contribution in [-0.4, -0.2) is 9.55 Å². The van der Waals surface area contributed by atoms with Crippen LogP contribution in [0.3, 0.4) is 0 Å². The van der Waals surface area contributed by atoms with Crippen LogP contribution in [0.15, 0.2) is 212 Å². The van der Waals surface area contributed by atoms with Crippen molar-refractivity contribution < 1.29 is 4.57 Å². The summed E-state index contributed by atoms with van der Waals surface area (Å²) in [7, 11) is 2.12. The summed E-state index contributed by atoms with van der Waals surface area (Å²) in [6.45, 7) is 11.3. The molecule has 3 nitrogen and oxygen atoms in total. The lowest BCUT2D eigenvalue weighted by Gasteiger charge is -2.39. The molecule has 0 spiro atoms. The van der Waals surface area contributed by atoms with E-state index in [9.17, 15) is 0 Å². The molecule has 0 saturated carbocycles. The van der Waals surface area contributed by atoms with E-state index in [1.54, 1.807) is 0 Å². The zero-order valence-corrected chi connectivity index (χ0v) is 40.0. The van der Waals surface area contributed by atoms with Gasteiger partial charge in [-0.2, -0.15) is 0 Å². The first-order chi connectivity index (χ1) is 33.6. The standard InChI is InChI=1S/C66H53N3/c1-43-44(2)69(42-68(43)6)66(60-35-17-11-29-54(60)55-30-12-18-36-61(55)66)49-24-20-22-47(40-49)64(56-31-13-7-25-50(56)51-26-8-14-32-57(51)64)46-21-19-23-48(39-46)65(62-41-45(37-38-67-62)63(3,4)5)58-33-15-9-27-52(58)53-28-10-16-34-59(53)65/h7-41H,1-6H3. The van der Waals surface area contributed by atoms with Gasteiger partial charge in [-0.05, 0) is 113 Å². The summed E-state index contributed by atoms with van der Waals surface area (Å²) in [6.07, 6.45) is 5.88. The van der Waals surface area contributed by atoms with Crippen LogP contribution < -0.4 is 4.57 Å². The third-order valence-corrected chi connectivity index (χ3v) is 16.2. The number of rotatable bonds is 6. The van der Waals surface area contributed by atoms with Gasteiger partial charge in [0.05, 0.1) is 23.6 Å². The Bertz CT molecular complexity index is 3590. The van der Waals surface area contributed by atoms with Gasteiger partial charge in [0.25, 0.3) is 0 Å². The van der Waals surface area contributed by atoms with Crippen molar-refractivity contribution in [3.05, 3.63) is 297 Å². The second-order valence-corrected chi connectivity index (χ2v) is 20.5. The number of nitrogens with zero attached hydrogens (tertiary/aromatic N) is 3. The van der Waals surface area contributed by atoms with Gasteiger partial charge in [-0.3, -0.25) is 4.98 Å². The molecule has 332 valence electrons. The number of hydrogen-bond donors (Lipinski definition) is 0. The highest BCUT2D eigenvalue weighted by atomic mass is 15.2. The second-order valence-electron chi connectivity index (χ2n) is 20.5. The molecule has 69 heavy (non-hydrogen) atoms. The van der Waals surface area contributed by atoms with Crippen LogP contribution in [-0.2, 0) is 28.8 Å². The van der Waals surface area contributed by atoms with E-state index in [0.29, 0.717) is 0 Å². The van der Waals surface area contributed by atoms with Crippen molar-refractivity contribution in [1.29, 1.82) is 0 Å². The molecule has 2 heterocycles. The van der Waals surface area contributed by atoms with Crippen LogP contribution in [0, 0.1) is 20.2 Å². The minimum absolute atomic E-state index is 0.0740. The van der Waals surface area contributed by atoms with Crippen LogP contribution in [0.25, 0.3) is 33.4 Å². The lowest BCUT2D eigenvalue weighted by atomic mass is 9.64. The van der Waals surface area contributed by atoms with Gasteiger partial charge in [0.15, 0.2) is 5.54 Å². The summed E-state index contributed by atoms with van der Waals surface area (Å²) in [4.78, 5) is 5.39. The zero-order valence-electron chi connectivity index (χ0n) is 40.0. The van der Waals surface area contributed by atoms with Crippen LogP contribution >= 0.6 is 0 Å². The molecule has 0 atom stereocenters. The van der Waals surface area contributed by atoms with Gasteiger partial charge in [0, 0.05) is 22.9 Å². The summed E-state index contributed by atoms with van der Waals surface area (Å²) in [5, 5.41) is 0. The van der Waals surface area contributed by atoms with Gasteiger partial charge in [-0.25, -0.2) is 0 Å². The number of fused-ring (bicyclic) bond motifs is 9. The van der Waals surface area contributed by atoms with E-state index in [0.717, 1.165) is 5.69 Å². The molecular weight excluding hydrogens is 835 g/mol. The van der Waals surface area contributed by atoms with Crippen molar-refractivity contribution in [3.8, 4) is 33.4 Å². The Labute approximate surface area is 406 Å². The quantitative estimate of drug-likeness (QED) is 0.120. The van der Waals surface area contributed by atoms with Gasteiger partial charge in [-0.15, -0.1) is 0 Å². The van der Waals surface area contributed by atoms with Crippen molar-refractivity contribution >= 4 is 0 Å². The fourth-order valence-electron chi connectivity index (χ4n) is 13.0. The zero-order chi connectivity index (χ0) is 46.9. The summed E-state index contributed by atoms with van der Waals surface area (Å²) >= 11 is 0. The third-order valence-electron chi connectivity index (χ3n) is 16.2. The Morgan fingerprint density at radius 2 is 0.812 bits per heavy atom. The average Bonchev–Trinajstić information content (AvgIpc) is 4.06. The lowest BCUT2D eigenvalue weighted by molar-refractivity contribution is -0.681. The van der Waals surface area contributed by atoms with Crippen molar-refractivity contribution in [1.82, 2.24) is 9.55 Å². The van der Waals surface area contributed by atoms with Crippen LogP contribution in [0.2, 0.25) is 0 Å². The van der Waals surface area contributed by atoms with E-state index in [2.05, 4.69) is 263 Å². The average molecular weight is 888 g/mol. The summed E-state index contributed by atoms with van der Waals surface area (Å²) < 4.78 is 4.58. The largest absolute Gasteiger partial charge is 0.351 e. The topological polar surface area (TPSA) is 21.7 Å². The van der Waals surface area contributed by atoms with Crippen molar-refractivity contribution in [3.63, 3.8) is 0 Å². The maximum atomic E-state index is 5.39. The summed E-state index contributed by atoms with van der Waals surface area (Å²) in [5.74, 6) is 0. The lowest BCUT2D eigenvalue weighted by Crippen LogP contribution is -2.38. The van der Waals surface area contributed by atoms with Gasteiger partial charge in [-0.1, -0.05) is 223 Å². The summed E-state index contributed by atoms with van der Waals surface area (Å²) in [5.41, 5.74) is 22.5. The van der Waals surface area contributed by atoms with Gasteiger partial charge in [0.2, 0.25) is 6.33 Å². The molecule has 10 aromatic rings. The highest BCUT2D eigenvalue weighted by molar-refractivity contribution is 5.89. The number of aromatic nitrogens is 3. The molecule has 13 rings (SSSR count). The first-order valence-corrected chi connectivity index (χ1v) is 24.4. The molecule has 0 bridgehead atoms. The van der Waals surface area contributed by atoms with Gasteiger partial charge >= 0.3 is 0 Å². The molecule has 2 aromatic heterocycles. The Morgan fingerprint density at radius 3 is 1.25 bits per heavy atom. The van der Waals surface area contributed by atoms with E-state index in [1.165, 1.54) is 106 Å². The minimum atomic E-state index is -0.703. The van der Waals surface area contributed by atoms with E-state index >= 15 is 0 Å². The number of aryl methyl sites for hydroxylation is 1. The molecule has 0 N–H and O–H groups in total. The molecule has 3 aliphatic rings. The first-order valence-electron chi connectivity index (χ1n) is 24.4. The SMILES string of the molecule is Cc1c(C)[n+](C)[c-]n1C1(c2cccc(C3(c4cccc(C5(c6cc(C(C)(C)C)ccn6)c6ccccc6-c6ccccc65)c4)c4ccccc4-c4ccccc43)c2)c2ccccc2-c2ccccc21. The Morgan fingerprint density at radius 1 is 0.435 bits per heavy atom. The first kappa shape index (κ1) is 41.3. The molecule has 8 aromatic carbocycles. The number of hydrogen-bond acceptors (Lipinski definition) is 1. The molecule has 0 radical (unpaired) electrons. The predicted molar refractivity (Wildman–Crippen MR) is 279 cm³/mol. The fraction of sp³-hybridized carbons (Fsp3) is 0.152. The van der Waals surface area contributed by atoms with Crippen LogP contribution in [0.1, 0.15) is 99.1 Å². The van der Waals surface area contributed by atoms with Crippen molar-refractivity contribution in [2.75, 3.05) is 0 Å². The fourth-order valence-corrected chi connectivity index (χ4v) is 13.0. The van der Waals surface area contributed by atoms with E-state index in [1.807, 2.05) is 6.20 Å². The summed E-state index contributed by atoms with van der Waals surface area (Å²) in [6, 6.07) is 78.1. The molecule has 0 saturated heterocycles. The molecule has 0 aliphatic heterocycles. The van der Waals surface area contributed by atoms with Crippen LogP contribution in [0.4, 0.5) is 0 Å². The number of benzene rings is 8. The van der Waals surface area contributed by atoms with Crippen molar-refractivity contribution in [2.45, 2.75) is 56.4 Å². The molecule has 3 heteroatoms. The minimum Gasteiger partial charge on any atom is -0.351 e. The van der Waals surface area contributed by atoms with E-state index < -0.39 is 16.4 Å². The maximum Gasteiger partial charge on any atom is 0.205 e. The smallest absolute Gasteiger partial charge is 0.205 e. The van der Waals surface area contributed by atoms with Gasteiger partial charge in [0.1, 0.15) is 0 Å². The van der Waals surface area contributed by atoms with E-state index in [-0.39, 0.29) is 5.41 Å². The Kier molecular flexibility index (Phi) is 8.87. The Hall–Kier alpha value is -7.88. The highest BCUT2D eigenvalue weighted by Gasteiger charge is 2.53. The van der Waals surface area contributed by atoms with Gasteiger partial charge < -0.3 is 9.13 Å². The monoisotopic (exact) mass is 887 g/mol. The molecule has 3 aliphatic carbocycles. The molecule has 0 unspecified atom stereocenters. The molecule has 0 amide bonds. The second kappa shape index (κ2) is 14.8. The number of imidazole rings is 1. The third kappa shape index (κ3) is 5.39. The van der Waals surface area contributed by atoms with Crippen molar-refractivity contribution in [2.24, 2.45) is 7.05 Å². The molecular formula is C66H53N3.